The van der Waals surface area contributed by atoms with Crippen LogP contribution in [0.2, 0.25) is 0 Å². The van der Waals surface area contributed by atoms with Crippen molar-refractivity contribution in [2.75, 3.05) is 5.32 Å². The van der Waals surface area contributed by atoms with E-state index in [9.17, 15) is 22.8 Å². The lowest BCUT2D eigenvalue weighted by atomic mass is 10.3. The van der Waals surface area contributed by atoms with Crippen LogP contribution in [-0.2, 0) is 11.3 Å². The number of rotatable bonds is 4. The van der Waals surface area contributed by atoms with E-state index in [0.29, 0.717) is 12.1 Å². The molecule has 0 radical (unpaired) electrons. The van der Waals surface area contributed by atoms with Gasteiger partial charge in [-0.1, -0.05) is 5.21 Å². The highest BCUT2D eigenvalue weighted by atomic mass is 19.2. The number of nitrogens with zero attached hydrogens (tertiary/aromatic N) is 3. The van der Waals surface area contributed by atoms with Crippen molar-refractivity contribution in [1.82, 2.24) is 15.0 Å². The lowest BCUT2D eigenvalue weighted by molar-refractivity contribution is -0.116. The van der Waals surface area contributed by atoms with Crippen LogP contribution in [0.3, 0.4) is 0 Å². The Kier molecular flexibility index (Phi) is 3.87. The minimum absolute atomic E-state index is 0.282. The molecular formula is C11H7F3N4O3. The molecule has 0 saturated heterocycles. The van der Waals surface area contributed by atoms with Crippen LogP contribution in [0.5, 0.6) is 0 Å². The summed E-state index contributed by atoms with van der Waals surface area (Å²) < 4.78 is 39.6. The zero-order chi connectivity index (χ0) is 15.6. The van der Waals surface area contributed by atoms with Crippen molar-refractivity contribution in [1.29, 1.82) is 0 Å². The second-order valence-electron chi connectivity index (χ2n) is 3.91. The van der Waals surface area contributed by atoms with Gasteiger partial charge < -0.3 is 10.4 Å². The fourth-order valence-electron chi connectivity index (χ4n) is 1.45. The van der Waals surface area contributed by atoms with Crippen LogP contribution in [0.25, 0.3) is 0 Å². The Labute approximate surface area is 115 Å². The Morgan fingerprint density at radius 3 is 2.38 bits per heavy atom. The van der Waals surface area contributed by atoms with E-state index in [0.717, 1.165) is 10.9 Å². The summed E-state index contributed by atoms with van der Waals surface area (Å²) in [4.78, 5) is 22.1. The monoisotopic (exact) mass is 300 g/mol. The first-order chi connectivity index (χ1) is 9.86. The maximum Gasteiger partial charge on any atom is 0.358 e. The van der Waals surface area contributed by atoms with E-state index in [1.54, 1.807) is 0 Å². The maximum absolute atomic E-state index is 13.0. The number of carboxylic acids is 1. The molecule has 1 aromatic carbocycles. The molecular weight excluding hydrogens is 293 g/mol. The molecule has 0 aliphatic heterocycles. The minimum atomic E-state index is -1.64. The molecule has 2 aromatic rings. The van der Waals surface area contributed by atoms with E-state index >= 15 is 0 Å². The van der Waals surface area contributed by atoms with Crippen LogP contribution in [0.15, 0.2) is 18.3 Å². The van der Waals surface area contributed by atoms with Gasteiger partial charge >= 0.3 is 5.97 Å². The van der Waals surface area contributed by atoms with Crippen molar-refractivity contribution in [3.8, 4) is 0 Å². The highest BCUT2D eigenvalue weighted by Crippen LogP contribution is 2.17. The molecule has 0 aliphatic carbocycles. The van der Waals surface area contributed by atoms with Gasteiger partial charge in [0.1, 0.15) is 6.54 Å². The molecule has 0 spiro atoms. The number of benzene rings is 1. The van der Waals surface area contributed by atoms with Crippen molar-refractivity contribution < 1.29 is 27.9 Å². The topological polar surface area (TPSA) is 97.1 Å². The van der Waals surface area contributed by atoms with Crippen molar-refractivity contribution in [2.45, 2.75) is 6.54 Å². The molecule has 2 rings (SSSR count). The number of anilines is 1. The first kappa shape index (κ1) is 14.5. The summed E-state index contributed by atoms with van der Waals surface area (Å²) in [5, 5.41) is 17.4. The highest BCUT2D eigenvalue weighted by molar-refractivity contribution is 5.90. The van der Waals surface area contributed by atoms with Crippen LogP contribution < -0.4 is 5.32 Å². The third-order valence-electron chi connectivity index (χ3n) is 2.33. The molecule has 0 unspecified atom stereocenters. The molecule has 1 amide bonds. The molecule has 2 N–H and O–H groups in total. The Morgan fingerprint density at radius 2 is 1.86 bits per heavy atom. The van der Waals surface area contributed by atoms with Crippen molar-refractivity contribution in [2.24, 2.45) is 0 Å². The Bertz CT molecular complexity index is 693. The third-order valence-corrected chi connectivity index (χ3v) is 2.33. The number of aromatic carboxylic acids is 1. The second-order valence-corrected chi connectivity index (χ2v) is 3.91. The molecule has 0 saturated carbocycles. The predicted octanol–water partition coefficient (Wildman–Crippen LogP) is 1.03. The average molecular weight is 300 g/mol. The lowest BCUT2D eigenvalue weighted by Crippen LogP contribution is -2.19. The molecule has 0 fully saturated rings. The number of carbonyl (C=O) groups excluding carboxylic acids is 1. The Balaban J connectivity index is 2.06. The molecule has 21 heavy (non-hydrogen) atoms. The van der Waals surface area contributed by atoms with Gasteiger partial charge in [0.2, 0.25) is 5.91 Å². The fraction of sp³-hybridized carbons (Fsp3) is 0.0909. The molecule has 110 valence electrons. The van der Waals surface area contributed by atoms with Gasteiger partial charge in [-0.15, -0.1) is 5.10 Å². The second kappa shape index (κ2) is 5.61. The van der Waals surface area contributed by atoms with Gasteiger partial charge in [-0.25, -0.2) is 22.6 Å². The highest BCUT2D eigenvalue weighted by Gasteiger charge is 2.14. The summed E-state index contributed by atoms with van der Waals surface area (Å²) in [6.07, 6.45) is 1.01. The summed E-state index contributed by atoms with van der Waals surface area (Å²) in [6, 6.07) is 1.22. The van der Waals surface area contributed by atoms with E-state index in [-0.39, 0.29) is 11.4 Å². The van der Waals surface area contributed by atoms with Gasteiger partial charge in [-0.05, 0) is 0 Å². The Morgan fingerprint density at radius 1 is 1.24 bits per heavy atom. The number of hydrogen-bond acceptors (Lipinski definition) is 4. The van der Waals surface area contributed by atoms with Gasteiger partial charge in [0.05, 0.1) is 6.20 Å². The quantitative estimate of drug-likeness (QED) is 0.822. The molecule has 0 bridgehead atoms. The normalized spacial score (nSPS) is 10.4. The molecule has 1 aromatic heterocycles. The number of carbonyl (C=O) groups is 2. The summed E-state index contributed by atoms with van der Waals surface area (Å²) in [5.74, 6) is -6.60. The lowest BCUT2D eigenvalue weighted by Gasteiger charge is -2.06. The zero-order valence-electron chi connectivity index (χ0n) is 10.2. The van der Waals surface area contributed by atoms with E-state index in [1.807, 2.05) is 0 Å². The van der Waals surface area contributed by atoms with Crippen LogP contribution in [0.1, 0.15) is 10.5 Å². The van der Waals surface area contributed by atoms with Gasteiger partial charge in [0, 0.05) is 17.8 Å². The van der Waals surface area contributed by atoms with Crippen molar-refractivity contribution in [3.63, 3.8) is 0 Å². The van der Waals surface area contributed by atoms with E-state index in [2.05, 4.69) is 15.6 Å². The van der Waals surface area contributed by atoms with E-state index < -0.39 is 35.9 Å². The largest absolute Gasteiger partial charge is 0.476 e. The summed E-state index contributed by atoms with van der Waals surface area (Å²) in [7, 11) is 0. The van der Waals surface area contributed by atoms with Crippen LogP contribution in [0, 0.1) is 17.5 Å². The van der Waals surface area contributed by atoms with Gasteiger partial charge in [-0.2, -0.15) is 0 Å². The fourth-order valence-corrected chi connectivity index (χ4v) is 1.45. The van der Waals surface area contributed by atoms with Gasteiger partial charge in [0.25, 0.3) is 0 Å². The first-order valence-corrected chi connectivity index (χ1v) is 5.44. The van der Waals surface area contributed by atoms with Gasteiger partial charge in [0.15, 0.2) is 23.1 Å². The summed E-state index contributed by atoms with van der Waals surface area (Å²) in [5.41, 5.74) is -0.642. The number of amides is 1. The summed E-state index contributed by atoms with van der Waals surface area (Å²) in [6.45, 7) is -0.430. The van der Waals surface area contributed by atoms with E-state index in [4.69, 9.17) is 5.11 Å². The third kappa shape index (κ3) is 3.35. The summed E-state index contributed by atoms with van der Waals surface area (Å²) >= 11 is 0. The molecule has 0 aliphatic rings. The number of halogens is 3. The average Bonchev–Trinajstić information content (AvgIpc) is 2.84. The van der Waals surface area contributed by atoms with Crippen LogP contribution >= 0.6 is 0 Å². The molecule has 0 atom stereocenters. The van der Waals surface area contributed by atoms with Crippen molar-refractivity contribution in [3.05, 3.63) is 41.5 Å². The van der Waals surface area contributed by atoms with Crippen molar-refractivity contribution >= 4 is 17.6 Å². The number of aromatic nitrogens is 3. The van der Waals surface area contributed by atoms with Gasteiger partial charge in [-0.3, -0.25) is 4.79 Å². The first-order valence-electron chi connectivity index (χ1n) is 5.44. The number of hydrogen-bond donors (Lipinski definition) is 2. The molecule has 1 heterocycles. The maximum atomic E-state index is 13.0. The Hall–Kier alpha value is -2.91. The van der Waals surface area contributed by atoms with Crippen LogP contribution in [0.4, 0.5) is 18.9 Å². The standard InChI is InChI=1S/C11H7F3N4O3/c12-6-1-5(2-7(13)10(6)14)15-9(19)4-18-3-8(11(20)21)16-17-18/h1-3H,4H2,(H,15,19)(H,20,21). The van der Waals surface area contributed by atoms with Crippen LogP contribution in [-0.4, -0.2) is 32.0 Å². The number of carboxylic acid groups (broad SMARTS) is 1. The zero-order valence-corrected chi connectivity index (χ0v) is 10.2. The number of nitrogens with one attached hydrogen (secondary N) is 1. The van der Waals surface area contributed by atoms with E-state index in [1.165, 1.54) is 0 Å². The smallest absolute Gasteiger partial charge is 0.358 e. The SMILES string of the molecule is O=C(Cn1cc(C(=O)O)nn1)Nc1cc(F)c(F)c(F)c1. The predicted molar refractivity (Wildman–Crippen MR) is 61.9 cm³/mol. The molecule has 7 nitrogen and oxygen atoms in total. The molecule has 10 heteroatoms. The minimum Gasteiger partial charge on any atom is -0.476 e.